The van der Waals surface area contributed by atoms with Crippen LogP contribution in [-0.2, 0) is 17.8 Å². The molecule has 0 saturated heterocycles. The summed E-state index contributed by atoms with van der Waals surface area (Å²) in [5.74, 6) is 0.432. The number of aryl methyl sites for hydroxylation is 1. The quantitative estimate of drug-likeness (QED) is 0.354. The van der Waals surface area contributed by atoms with Gasteiger partial charge in [-0.15, -0.1) is 0 Å². The molecule has 0 aliphatic carbocycles. The van der Waals surface area contributed by atoms with Crippen molar-refractivity contribution in [3.8, 4) is 11.3 Å². The second-order valence-corrected chi connectivity index (χ2v) is 8.31. The van der Waals surface area contributed by atoms with Crippen LogP contribution in [0.15, 0.2) is 72.9 Å². The van der Waals surface area contributed by atoms with Gasteiger partial charge in [-0.2, -0.15) is 0 Å². The summed E-state index contributed by atoms with van der Waals surface area (Å²) in [5.41, 5.74) is 5.16. The highest BCUT2D eigenvalue weighted by Gasteiger charge is 2.10. The maximum atomic E-state index is 12.5. The zero-order valence-electron chi connectivity index (χ0n) is 19.5. The predicted octanol–water partition coefficient (Wildman–Crippen LogP) is 5.37. The summed E-state index contributed by atoms with van der Waals surface area (Å²) in [6.45, 7) is 2.54. The number of urea groups is 1. The van der Waals surface area contributed by atoms with E-state index in [1.54, 1.807) is 25.4 Å². The molecule has 4 rings (SSSR count). The molecular weight excluding hydrogens is 426 g/mol. The first-order valence-electron chi connectivity index (χ1n) is 11.4. The molecule has 2 aromatic carbocycles. The lowest BCUT2D eigenvalue weighted by atomic mass is 10.1. The topological polar surface area (TPSA) is 89.0 Å². The molecule has 174 valence electrons. The van der Waals surface area contributed by atoms with Crippen LogP contribution in [0.4, 0.5) is 10.6 Å². The first-order chi connectivity index (χ1) is 16.6. The maximum Gasteiger partial charge on any atom is 0.320 e. The number of methoxy groups -OCH3 is 1. The molecule has 2 aromatic heterocycles. The van der Waals surface area contributed by atoms with Gasteiger partial charge in [0.15, 0.2) is 5.65 Å². The van der Waals surface area contributed by atoms with Gasteiger partial charge < -0.3 is 10.1 Å². The minimum atomic E-state index is -0.282. The molecule has 0 aliphatic heterocycles. The van der Waals surface area contributed by atoms with Gasteiger partial charge in [-0.05, 0) is 55.5 Å². The van der Waals surface area contributed by atoms with Crippen molar-refractivity contribution in [2.75, 3.05) is 12.4 Å². The molecule has 0 spiro atoms. The van der Waals surface area contributed by atoms with Crippen LogP contribution in [0.5, 0.6) is 0 Å². The summed E-state index contributed by atoms with van der Waals surface area (Å²) in [7, 11) is 1.67. The number of ether oxygens (including phenoxy) is 1. The Morgan fingerprint density at radius 2 is 1.82 bits per heavy atom. The van der Waals surface area contributed by atoms with Crippen LogP contribution in [0.3, 0.4) is 0 Å². The molecule has 2 amide bonds. The van der Waals surface area contributed by atoms with E-state index in [4.69, 9.17) is 4.74 Å². The van der Waals surface area contributed by atoms with E-state index < -0.39 is 0 Å². The Hall–Kier alpha value is -3.84. The molecule has 1 atom stereocenters. The normalized spacial score (nSPS) is 11.8. The predicted molar refractivity (Wildman–Crippen MR) is 134 cm³/mol. The lowest BCUT2D eigenvalue weighted by molar-refractivity contribution is 0.185. The summed E-state index contributed by atoms with van der Waals surface area (Å²) < 4.78 is 5.22. The molecule has 0 bridgehead atoms. The molecule has 0 unspecified atom stereocenters. The standard InChI is InChI=1S/C27H29N5O2/c1-19(8-6-11-20-9-4-3-5-10-20)29-27(33)32-25-15-14-23-26(31-25)30-24(17-28-23)22-13-7-12-21(16-22)18-34-2/h3-5,7,9-10,12-17,19H,6,8,11,18H2,1-2H3,(H2,29,30,31,32,33)/t19-/m1/s1. The van der Waals surface area contributed by atoms with Gasteiger partial charge in [-0.25, -0.2) is 14.8 Å². The number of benzene rings is 2. The second kappa shape index (κ2) is 11.3. The van der Waals surface area contributed by atoms with Gasteiger partial charge in [-0.3, -0.25) is 10.3 Å². The van der Waals surface area contributed by atoms with Crippen molar-refractivity contribution in [1.29, 1.82) is 0 Å². The monoisotopic (exact) mass is 455 g/mol. The Bertz CT molecular complexity index is 1250. The summed E-state index contributed by atoms with van der Waals surface area (Å²) >= 11 is 0. The zero-order valence-corrected chi connectivity index (χ0v) is 19.5. The fourth-order valence-corrected chi connectivity index (χ4v) is 3.80. The average Bonchev–Trinajstić information content (AvgIpc) is 2.84. The van der Waals surface area contributed by atoms with E-state index in [0.717, 1.165) is 30.4 Å². The SMILES string of the molecule is COCc1cccc(-c2cnc3ccc(NC(=O)N[C@H](C)CCCc4ccccc4)nc3n2)c1. The number of rotatable bonds is 9. The molecule has 0 fully saturated rings. The van der Waals surface area contributed by atoms with E-state index in [-0.39, 0.29) is 12.1 Å². The first-order valence-corrected chi connectivity index (χ1v) is 11.4. The van der Waals surface area contributed by atoms with Gasteiger partial charge in [0.25, 0.3) is 0 Å². The Balaban J connectivity index is 1.37. The number of hydrogen-bond acceptors (Lipinski definition) is 5. The fourth-order valence-electron chi connectivity index (χ4n) is 3.80. The van der Waals surface area contributed by atoms with E-state index in [9.17, 15) is 4.79 Å². The van der Waals surface area contributed by atoms with Crippen molar-refractivity contribution in [3.63, 3.8) is 0 Å². The van der Waals surface area contributed by atoms with Gasteiger partial charge in [0.1, 0.15) is 11.3 Å². The van der Waals surface area contributed by atoms with Crippen LogP contribution < -0.4 is 10.6 Å². The Kier molecular flexibility index (Phi) is 7.78. The molecule has 0 saturated carbocycles. The number of carbonyl (C=O) groups is 1. The van der Waals surface area contributed by atoms with Crippen molar-refractivity contribution >= 4 is 23.0 Å². The Labute approximate surface area is 199 Å². The minimum absolute atomic E-state index is 0.0509. The largest absolute Gasteiger partial charge is 0.380 e. The van der Waals surface area contributed by atoms with Crippen molar-refractivity contribution in [2.24, 2.45) is 0 Å². The summed E-state index contributed by atoms with van der Waals surface area (Å²) in [6, 6.07) is 21.6. The van der Waals surface area contributed by atoms with Crippen LogP contribution in [0.25, 0.3) is 22.4 Å². The number of anilines is 1. The highest BCUT2D eigenvalue weighted by molar-refractivity contribution is 5.89. The molecule has 0 aliphatic rings. The Morgan fingerprint density at radius 1 is 1.00 bits per heavy atom. The lowest BCUT2D eigenvalue weighted by Gasteiger charge is -2.14. The van der Waals surface area contributed by atoms with Gasteiger partial charge in [0.05, 0.1) is 18.5 Å². The fraction of sp³-hybridized carbons (Fsp3) is 0.259. The number of nitrogens with one attached hydrogen (secondary N) is 2. The molecule has 2 N–H and O–H groups in total. The molecule has 0 radical (unpaired) electrons. The van der Waals surface area contributed by atoms with Crippen molar-refractivity contribution < 1.29 is 9.53 Å². The highest BCUT2D eigenvalue weighted by atomic mass is 16.5. The molecule has 34 heavy (non-hydrogen) atoms. The minimum Gasteiger partial charge on any atom is -0.380 e. The van der Waals surface area contributed by atoms with E-state index in [2.05, 4.69) is 37.7 Å². The van der Waals surface area contributed by atoms with E-state index in [1.165, 1.54) is 5.56 Å². The number of aromatic nitrogens is 3. The number of amides is 2. The van der Waals surface area contributed by atoms with Crippen molar-refractivity contribution in [3.05, 3.63) is 84.1 Å². The van der Waals surface area contributed by atoms with Crippen molar-refractivity contribution in [2.45, 2.75) is 38.8 Å². The third kappa shape index (κ3) is 6.36. The molecule has 4 aromatic rings. The lowest BCUT2D eigenvalue weighted by Crippen LogP contribution is -2.36. The third-order valence-corrected chi connectivity index (χ3v) is 5.51. The van der Waals surface area contributed by atoms with E-state index in [1.807, 2.05) is 49.4 Å². The zero-order chi connectivity index (χ0) is 23.8. The first kappa shape index (κ1) is 23.3. The number of hydrogen-bond donors (Lipinski definition) is 2. The number of nitrogens with zero attached hydrogens (tertiary/aromatic N) is 3. The smallest absolute Gasteiger partial charge is 0.320 e. The van der Waals surface area contributed by atoms with E-state index >= 15 is 0 Å². The van der Waals surface area contributed by atoms with E-state index in [0.29, 0.717) is 29.3 Å². The second-order valence-electron chi connectivity index (χ2n) is 8.31. The molecule has 7 nitrogen and oxygen atoms in total. The number of carbonyl (C=O) groups excluding carboxylic acids is 1. The number of fused-ring (bicyclic) bond motifs is 1. The summed E-state index contributed by atoms with van der Waals surface area (Å²) in [6.07, 6.45) is 4.62. The molecular formula is C27H29N5O2. The van der Waals surface area contributed by atoms with Crippen LogP contribution in [0.2, 0.25) is 0 Å². The van der Waals surface area contributed by atoms with Gasteiger partial charge in [0.2, 0.25) is 0 Å². The number of pyridine rings is 1. The van der Waals surface area contributed by atoms with Gasteiger partial charge >= 0.3 is 6.03 Å². The van der Waals surface area contributed by atoms with Crippen LogP contribution in [-0.4, -0.2) is 34.1 Å². The van der Waals surface area contributed by atoms with Crippen molar-refractivity contribution in [1.82, 2.24) is 20.3 Å². The van der Waals surface area contributed by atoms with Gasteiger partial charge in [-0.1, -0.05) is 48.5 Å². The van der Waals surface area contributed by atoms with Gasteiger partial charge in [0, 0.05) is 18.7 Å². The van der Waals surface area contributed by atoms with Crippen LogP contribution in [0.1, 0.15) is 30.9 Å². The van der Waals surface area contributed by atoms with Crippen LogP contribution in [0, 0.1) is 0 Å². The summed E-state index contributed by atoms with van der Waals surface area (Å²) in [5, 5.41) is 5.79. The molecule has 7 heteroatoms. The molecule has 2 heterocycles. The average molecular weight is 456 g/mol. The van der Waals surface area contributed by atoms with Crippen LogP contribution >= 0.6 is 0 Å². The Morgan fingerprint density at radius 3 is 2.65 bits per heavy atom. The highest BCUT2D eigenvalue weighted by Crippen LogP contribution is 2.21. The summed E-state index contributed by atoms with van der Waals surface area (Å²) in [4.78, 5) is 26.1. The maximum absolute atomic E-state index is 12.5. The third-order valence-electron chi connectivity index (χ3n) is 5.51.